The van der Waals surface area contributed by atoms with Crippen LogP contribution in [-0.2, 0) is 0 Å². The smallest absolute Gasteiger partial charge is 0.0235 e. The molecular weight excluding hydrogens is 184 g/mol. The summed E-state index contributed by atoms with van der Waals surface area (Å²) in [6, 6.07) is 0.870. The lowest BCUT2D eigenvalue weighted by Gasteiger charge is -2.28. The molecule has 2 saturated heterocycles. The van der Waals surface area contributed by atoms with Crippen LogP contribution in [0.4, 0.5) is 0 Å². The van der Waals surface area contributed by atoms with Gasteiger partial charge in [0.25, 0.3) is 0 Å². The molecule has 0 aromatic rings. The summed E-state index contributed by atoms with van der Waals surface area (Å²) in [5.74, 6) is 0. The summed E-state index contributed by atoms with van der Waals surface area (Å²) in [5, 5.41) is 0. The molecule has 2 fully saturated rings. The number of hydrogen-bond acceptors (Lipinski definition) is 2. The summed E-state index contributed by atoms with van der Waals surface area (Å²) >= 11 is 0. The van der Waals surface area contributed by atoms with Crippen molar-refractivity contribution in [2.45, 2.75) is 46.1 Å². The lowest BCUT2D eigenvalue weighted by molar-refractivity contribution is 0.195. The fraction of sp³-hybridized carbons (Fsp3) is 1.00. The fourth-order valence-corrected chi connectivity index (χ4v) is 3.03. The third-order valence-corrected chi connectivity index (χ3v) is 3.60. The molecule has 0 aromatic heterocycles. The Morgan fingerprint density at radius 1 is 1.07 bits per heavy atom. The molecule has 1 unspecified atom stereocenters. The van der Waals surface area contributed by atoms with Crippen LogP contribution < -0.4 is 0 Å². The minimum atomic E-state index is 0.458. The second-order valence-electron chi connectivity index (χ2n) is 6.48. The lowest BCUT2D eigenvalue weighted by Crippen LogP contribution is -2.37. The zero-order valence-corrected chi connectivity index (χ0v) is 10.6. The van der Waals surface area contributed by atoms with Gasteiger partial charge in [-0.25, -0.2) is 0 Å². The first-order chi connectivity index (χ1) is 7.04. The largest absolute Gasteiger partial charge is 0.301 e. The highest BCUT2D eigenvalue weighted by atomic mass is 15.3. The molecule has 0 N–H and O–H groups in total. The fourth-order valence-electron chi connectivity index (χ4n) is 3.03. The van der Waals surface area contributed by atoms with E-state index in [1.807, 2.05) is 0 Å². The molecule has 2 aliphatic rings. The van der Waals surface area contributed by atoms with Gasteiger partial charge in [0.2, 0.25) is 0 Å². The molecule has 1 atom stereocenters. The van der Waals surface area contributed by atoms with Gasteiger partial charge in [0, 0.05) is 19.1 Å². The third kappa shape index (κ3) is 3.18. The average molecular weight is 210 g/mol. The van der Waals surface area contributed by atoms with Gasteiger partial charge < -0.3 is 4.90 Å². The van der Waals surface area contributed by atoms with Crippen molar-refractivity contribution in [3.05, 3.63) is 0 Å². The molecule has 15 heavy (non-hydrogen) atoms. The van der Waals surface area contributed by atoms with E-state index in [-0.39, 0.29) is 0 Å². The van der Waals surface area contributed by atoms with Crippen LogP contribution in [0.1, 0.15) is 40.0 Å². The highest BCUT2D eigenvalue weighted by Gasteiger charge is 2.30. The van der Waals surface area contributed by atoms with Gasteiger partial charge >= 0.3 is 0 Å². The second-order valence-corrected chi connectivity index (χ2v) is 6.48. The maximum atomic E-state index is 2.71. The molecular formula is C13H26N2. The summed E-state index contributed by atoms with van der Waals surface area (Å²) in [7, 11) is 0. The average Bonchev–Trinajstić information content (AvgIpc) is 2.68. The van der Waals surface area contributed by atoms with Gasteiger partial charge in [-0.05, 0) is 44.3 Å². The topological polar surface area (TPSA) is 6.48 Å². The van der Waals surface area contributed by atoms with Crippen LogP contribution in [0, 0.1) is 5.41 Å². The Morgan fingerprint density at radius 2 is 1.73 bits per heavy atom. The van der Waals surface area contributed by atoms with E-state index in [1.54, 1.807) is 0 Å². The number of likely N-dealkylation sites (tertiary alicyclic amines) is 2. The molecule has 0 radical (unpaired) electrons. The molecule has 2 heteroatoms. The third-order valence-electron chi connectivity index (χ3n) is 3.60. The van der Waals surface area contributed by atoms with Crippen molar-refractivity contribution in [3.63, 3.8) is 0 Å². The van der Waals surface area contributed by atoms with E-state index >= 15 is 0 Å². The van der Waals surface area contributed by atoms with Gasteiger partial charge in [-0.1, -0.05) is 20.8 Å². The minimum Gasteiger partial charge on any atom is -0.301 e. The van der Waals surface area contributed by atoms with Crippen molar-refractivity contribution in [1.82, 2.24) is 9.80 Å². The lowest BCUT2D eigenvalue weighted by atomic mass is 9.96. The van der Waals surface area contributed by atoms with E-state index in [2.05, 4.69) is 30.6 Å². The summed E-state index contributed by atoms with van der Waals surface area (Å²) in [5.41, 5.74) is 0.458. The van der Waals surface area contributed by atoms with Gasteiger partial charge in [-0.2, -0.15) is 0 Å². The van der Waals surface area contributed by atoms with Crippen molar-refractivity contribution < 1.29 is 0 Å². The molecule has 2 heterocycles. The Labute approximate surface area is 94.6 Å². The number of rotatable bonds is 2. The maximum absolute atomic E-state index is 2.71. The zero-order valence-electron chi connectivity index (χ0n) is 10.6. The number of nitrogens with zero attached hydrogens (tertiary/aromatic N) is 2. The molecule has 0 aromatic carbocycles. The molecule has 0 aliphatic carbocycles. The van der Waals surface area contributed by atoms with Crippen molar-refractivity contribution in [1.29, 1.82) is 0 Å². The Bertz CT molecular complexity index is 201. The van der Waals surface area contributed by atoms with Crippen LogP contribution >= 0.6 is 0 Å². The van der Waals surface area contributed by atoms with Crippen LogP contribution in [0.25, 0.3) is 0 Å². The summed E-state index contributed by atoms with van der Waals surface area (Å²) in [6.45, 7) is 13.6. The molecule has 88 valence electrons. The normalized spacial score (nSPS) is 30.2. The van der Waals surface area contributed by atoms with Crippen LogP contribution in [0.3, 0.4) is 0 Å². The van der Waals surface area contributed by atoms with E-state index in [0.29, 0.717) is 5.41 Å². The highest BCUT2D eigenvalue weighted by Crippen LogP contribution is 2.23. The molecule has 2 aliphatic heterocycles. The van der Waals surface area contributed by atoms with Crippen molar-refractivity contribution >= 4 is 0 Å². The first-order valence-electron chi connectivity index (χ1n) is 6.51. The monoisotopic (exact) mass is 210 g/mol. The first kappa shape index (κ1) is 11.4. The maximum Gasteiger partial charge on any atom is 0.0235 e. The van der Waals surface area contributed by atoms with E-state index in [0.717, 1.165) is 6.04 Å². The van der Waals surface area contributed by atoms with Crippen molar-refractivity contribution in [2.24, 2.45) is 5.41 Å². The second kappa shape index (κ2) is 4.42. The first-order valence-corrected chi connectivity index (χ1v) is 6.51. The summed E-state index contributed by atoms with van der Waals surface area (Å²) in [6.07, 6.45) is 4.25. The Balaban J connectivity index is 1.79. The predicted octanol–water partition coefficient (Wildman–Crippen LogP) is 2.20. The van der Waals surface area contributed by atoms with Crippen molar-refractivity contribution in [2.75, 3.05) is 32.7 Å². The molecule has 2 rings (SSSR count). The molecule has 0 amide bonds. The predicted molar refractivity (Wildman–Crippen MR) is 65.1 cm³/mol. The van der Waals surface area contributed by atoms with Gasteiger partial charge in [0.1, 0.15) is 0 Å². The van der Waals surface area contributed by atoms with Crippen LogP contribution in [0.15, 0.2) is 0 Å². The Kier molecular flexibility index (Phi) is 3.36. The van der Waals surface area contributed by atoms with Crippen LogP contribution in [0.5, 0.6) is 0 Å². The molecule has 2 nitrogen and oxygen atoms in total. The van der Waals surface area contributed by atoms with E-state index in [1.165, 1.54) is 52.0 Å². The number of hydrogen-bond donors (Lipinski definition) is 0. The van der Waals surface area contributed by atoms with Crippen LogP contribution in [0.2, 0.25) is 0 Å². The van der Waals surface area contributed by atoms with Crippen LogP contribution in [-0.4, -0.2) is 48.6 Å². The quantitative estimate of drug-likeness (QED) is 0.689. The molecule has 0 saturated carbocycles. The Hall–Kier alpha value is -0.0800. The van der Waals surface area contributed by atoms with Gasteiger partial charge in [0.15, 0.2) is 0 Å². The van der Waals surface area contributed by atoms with E-state index < -0.39 is 0 Å². The minimum absolute atomic E-state index is 0.458. The summed E-state index contributed by atoms with van der Waals surface area (Å²) < 4.78 is 0. The van der Waals surface area contributed by atoms with E-state index in [4.69, 9.17) is 0 Å². The Morgan fingerprint density at radius 3 is 2.33 bits per heavy atom. The highest BCUT2D eigenvalue weighted by molar-refractivity contribution is 4.86. The van der Waals surface area contributed by atoms with Gasteiger partial charge in [-0.3, -0.25) is 4.90 Å². The molecule has 0 bridgehead atoms. The van der Waals surface area contributed by atoms with E-state index in [9.17, 15) is 0 Å². The van der Waals surface area contributed by atoms with Gasteiger partial charge in [0.05, 0.1) is 0 Å². The van der Waals surface area contributed by atoms with Crippen molar-refractivity contribution in [3.8, 4) is 0 Å². The molecule has 0 spiro atoms. The summed E-state index contributed by atoms with van der Waals surface area (Å²) in [4.78, 5) is 5.37. The standard InChI is InChI=1S/C13H26N2/c1-13(2,3)11-14-9-6-12(10-14)15-7-4-5-8-15/h12H,4-11H2,1-3H3. The van der Waals surface area contributed by atoms with Gasteiger partial charge in [-0.15, -0.1) is 0 Å². The SMILES string of the molecule is CC(C)(C)CN1CCC(N2CCCC2)C1. The zero-order chi connectivity index (χ0) is 10.9.